The number of hydrogen-bond donors (Lipinski definition) is 1. The molecule has 0 radical (unpaired) electrons. The van der Waals surface area contributed by atoms with Crippen molar-refractivity contribution in [1.29, 1.82) is 0 Å². The SMILES string of the molecule is C=C(C)c1cccc2c1CC(C)=C2C1=C(C)NC2C(C(CC)CC)=CC(C)=NN12. The first-order valence-electron chi connectivity index (χ1n) is 10.9. The van der Waals surface area contributed by atoms with Crippen LogP contribution in [0, 0.1) is 5.92 Å². The van der Waals surface area contributed by atoms with Crippen LogP contribution in [0.3, 0.4) is 0 Å². The summed E-state index contributed by atoms with van der Waals surface area (Å²) in [6.07, 6.45) is 5.73. The van der Waals surface area contributed by atoms with Gasteiger partial charge in [-0.3, -0.25) is 0 Å². The zero-order chi connectivity index (χ0) is 20.9. The number of allylic oxidation sites excluding steroid dienone is 5. The Labute approximate surface area is 175 Å². The topological polar surface area (TPSA) is 27.6 Å². The lowest BCUT2D eigenvalue weighted by atomic mass is 9.89. The van der Waals surface area contributed by atoms with Gasteiger partial charge in [0, 0.05) is 11.3 Å². The van der Waals surface area contributed by atoms with Gasteiger partial charge in [-0.15, -0.1) is 0 Å². The molecule has 0 saturated heterocycles. The molecule has 29 heavy (non-hydrogen) atoms. The zero-order valence-electron chi connectivity index (χ0n) is 18.7. The molecule has 1 unspecified atom stereocenters. The third-order valence-electron chi connectivity index (χ3n) is 6.61. The van der Waals surface area contributed by atoms with Gasteiger partial charge in [-0.2, -0.15) is 5.10 Å². The lowest BCUT2D eigenvalue weighted by Gasteiger charge is -2.34. The van der Waals surface area contributed by atoms with Crippen molar-refractivity contribution in [3.63, 3.8) is 0 Å². The number of nitrogens with zero attached hydrogens (tertiary/aromatic N) is 2. The maximum Gasteiger partial charge on any atom is 0.143 e. The smallest absolute Gasteiger partial charge is 0.143 e. The monoisotopic (exact) mass is 387 g/mol. The first-order chi connectivity index (χ1) is 13.9. The van der Waals surface area contributed by atoms with Gasteiger partial charge < -0.3 is 5.32 Å². The van der Waals surface area contributed by atoms with Crippen molar-refractivity contribution in [2.24, 2.45) is 11.0 Å². The number of hydrogen-bond acceptors (Lipinski definition) is 3. The van der Waals surface area contributed by atoms with E-state index in [0.29, 0.717) is 5.92 Å². The van der Waals surface area contributed by atoms with Gasteiger partial charge in [-0.1, -0.05) is 49.8 Å². The lowest BCUT2D eigenvalue weighted by Crippen LogP contribution is -2.41. The predicted octanol–water partition coefficient (Wildman–Crippen LogP) is 6.26. The molecular formula is C26H33N3. The average molecular weight is 388 g/mol. The fourth-order valence-electron chi connectivity index (χ4n) is 5.21. The summed E-state index contributed by atoms with van der Waals surface area (Å²) in [5, 5.41) is 11.0. The van der Waals surface area contributed by atoms with Crippen LogP contribution in [0.1, 0.15) is 71.1 Å². The highest BCUT2D eigenvalue weighted by Gasteiger charge is 2.40. The second-order valence-corrected chi connectivity index (χ2v) is 8.71. The minimum atomic E-state index is 0.132. The number of nitrogens with one attached hydrogen (secondary N) is 1. The minimum absolute atomic E-state index is 0.132. The summed E-state index contributed by atoms with van der Waals surface area (Å²) in [5.74, 6) is 0.577. The summed E-state index contributed by atoms with van der Waals surface area (Å²) >= 11 is 0. The fraction of sp³-hybridized carbons (Fsp3) is 0.423. The summed E-state index contributed by atoms with van der Waals surface area (Å²) in [6.45, 7) is 17.5. The number of benzene rings is 1. The highest BCUT2D eigenvalue weighted by molar-refractivity contribution is 5.95. The van der Waals surface area contributed by atoms with Gasteiger partial charge in [-0.25, -0.2) is 5.01 Å². The molecule has 0 saturated carbocycles. The van der Waals surface area contributed by atoms with E-state index >= 15 is 0 Å². The first kappa shape index (κ1) is 19.8. The van der Waals surface area contributed by atoms with E-state index in [1.807, 2.05) is 0 Å². The van der Waals surface area contributed by atoms with E-state index in [2.05, 4.69) is 82.7 Å². The van der Waals surface area contributed by atoms with Crippen molar-refractivity contribution < 1.29 is 0 Å². The van der Waals surface area contributed by atoms with Crippen molar-refractivity contribution in [1.82, 2.24) is 10.3 Å². The Kier molecular flexibility index (Phi) is 5.02. The van der Waals surface area contributed by atoms with Crippen LogP contribution in [0.15, 0.2) is 58.5 Å². The van der Waals surface area contributed by atoms with Crippen molar-refractivity contribution in [3.8, 4) is 0 Å². The molecule has 0 fully saturated rings. The Morgan fingerprint density at radius 3 is 2.62 bits per heavy atom. The number of rotatable bonds is 5. The second-order valence-electron chi connectivity index (χ2n) is 8.71. The lowest BCUT2D eigenvalue weighted by molar-refractivity contribution is 0.285. The zero-order valence-corrected chi connectivity index (χ0v) is 18.7. The minimum Gasteiger partial charge on any atom is -0.362 e. The van der Waals surface area contributed by atoms with Crippen molar-refractivity contribution in [3.05, 3.63) is 70.1 Å². The largest absolute Gasteiger partial charge is 0.362 e. The summed E-state index contributed by atoms with van der Waals surface area (Å²) in [4.78, 5) is 0. The van der Waals surface area contributed by atoms with Gasteiger partial charge >= 0.3 is 0 Å². The Hall–Kier alpha value is -2.55. The predicted molar refractivity (Wildman–Crippen MR) is 124 cm³/mol. The van der Waals surface area contributed by atoms with Crippen LogP contribution in [-0.4, -0.2) is 16.9 Å². The van der Waals surface area contributed by atoms with Crippen LogP contribution in [-0.2, 0) is 6.42 Å². The molecule has 152 valence electrons. The van der Waals surface area contributed by atoms with E-state index in [4.69, 9.17) is 5.10 Å². The third kappa shape index (κ3) is 3.08. The van der Waals surface area contributed by atoms with E-state index < -0.39 is 0 Å². The van der Waals surface area contributed by atoms with Crippen LogP contribution < -0.4 is 5.32 Å². The van der Waals surface area contributed by atoms with E-state index in [1.165, 1.54) is 44.8 Å². The maximum atomic E-state index is 4.99. The molecule has 2 heterocycles. The van der Waals surface area contributed by atoms with Crippen LogP contribution >= 0.6 is 0 Å². The van der Waals surface area contributed by atoms with Gasteiger partial charge in [0.1, 0.15) is 6.17 Å². The summed E-state index contributed by atoms with van der Waals surface area (Å²) in [7, 11) is 0. The second kappa shape index (κ2) is 7.37. The molecular weight excluding hydrogens is 354 g/mol. The molecule has 4 rings (SSSR count). The molecule has 2 aliphatic heterocycles. The molecule has 1 aliphatic carbocycles. The molecule has 0 amide bonds. The molecule has 3 nitrogen and oxygen atoms in total. The van der Waals surface area contributed by atoms with Gasteiger partial charge in [0.25, 0.3) is 0 Å². The number of fused-ring (bicyclic) bond motifs is 2. The Bertz CT molecular complexity index is 999. The van der Waals surface area contributed by atoms with E-state index in [-0.39, 0.29) is 6.17 Å². The van der Waals surface area contributed by atoms with Crippen LogP contribution in [0.2, 0.25) is 0 Å². The Morgan fingerprint density at radius 1 is 1.24 bits per heavy atom. The fourth-order valence-corrected chi connectivity index (χ4v) is 5.21. The normalized spacial score (nSPS) is 20.7. The quantitative estimate of drug-likeness (QED) is 0.645. The highest BCUT2D eigenvalue weighted by Crippen LogP contribution is 2.46. The molecule has 0 aromatic heterocycles. The molecule has 1 N–H and O–H groups in total. The van der Waals surface area contributed by atoms with Crippen molar-refractivity contribution in [2.75, 3.05) is 0 Å². The van der Waals surface area contributed by atoms with Gasteiger partial charge in [-0.05, 0) is 81.2 Å². The van der Waals surface area contributed by atoms with E-state index in [0.717, 1.165) is 30.5 Å². The average Bonchev–Trinajstić information content (AvgIpc) is 3.17. The maximum absolute atomic E-state index is 4.99. The molecule has 3 aliphatic rings. The summed E-state index contributed by atoms with van der Waals surface area (Å²) in [6, 6.07) is 6.63. The van der Waals surface area contributed by atoms with Gasteiger partial charge in [0.15, 0.2) is 0 Å². The van der Waals surface area contributed by atoms with Crippen LogP contribution in [0.4, 0.5) is 0 Å². The molecule has 1 aromatic carbocycles. The molecule has 0 spiro atoms. The van der Waals surface area contributed by atoms with Crippen LogP contribution in [0.5, 0.6) is 0 Å². The molecule has 1 atom stereocenters. The summed E-state index contributed by atoms with van der Waals surface area (Å²) < 4.78 is 0. The standard InChI is InChI=1S/C26H33N3/c1-8-19(9-2)22-14-17(6)28-29-25(18(7)27-26(22)29)24-16(5)13-23-20(15(3)4)11-10-12-21(23)24/h10-12,14,19,26-27H,3,8-9,13H2,1-2,4-7H3. The number of hydrazone groups is 1. The Morgan fingerprint density at radius 2 is 1.97 bits per heavy atom. The molecule has 0 bridgehead atoms. The molecule has 1 aromatic rings. The highest BCUT2D eigenvalue weighted by atomic mass is 15.6. The van der Waals surface area contributed by atoms with E-state index in [9.17, 15) is 0 Å². The van der Waals surface area contributed by atoms with Crippen LogP contribution in [0.25, 0.3) is 11.1 Å². The van der Waals surface area contributed by atoms with Crippen molar-refractivity contribution >= 4 is 16.9 Å². The van der Waals surface area contributed by atoms with Crippen molar-refractivity contribution in [2.45, 2.75) is 67.0 Å². The summed E-state index contributed by atoms with van der Waals surface area (Å²) in [5.41, 5.74) is 12.9. The third-order valence-corrected chi connectivity index (χ3v) is 6.61. The van der Waals surface area contributed by atoms with Gasteiger partial charge in [0.05, 0.1) is 11.4 Å². The Balaban J connectivity index is 1.80. The van der Waals surface area contributed by atoms with Gasteiger partial charge in [0.2, 0.25) is 0 Å². The van der Waals surface area contributed by atoms with E-state index in [1.54, 1.807) is 0 Å². The first-order valence-corrected chi connectivity index (χ1v) is 10.9. The molecule has 3 heteroatoms.